The SMILES string of the molecule is N#Cc1ccc(C2CN(N)C2)cc1. The van der Waals surface area contributed by atoms with Crippen LogP contribution in [0.2, 0.25) is 0 Å². The Morgan fingerprint density at radius 1 is 1.31 bits per heavy atom. The smallest absolute Gasteiger partial charge is 0.0991 e. The van der Waals surface area contributed by atoms with Gasteiger partial charge in [-0.05, 0) is 17.7 Å². The monoisotopic (exact) mass is 173 g/mol. The van der Waals surface area contributed by atoms with Gasteiger partial charge in [-0.2, -0.15) is 5.26 Å². The summed E-state index contributed by atoms with van der Waals surface area (Å²) in [5.74, 6) is 6.10. The number of nitriles is 1. The molecule has 3 heteroatoms. The summed E-state index contributed by atoms with van der Waals surface area (Å²) in [6.45, 7) is 1.85. The molecule has 1 heterocycles. The van der Waals surface area contributed by atoms with E-state index >= 15 is 0 Å². The van der Waals surface area contributed by atoms with Gasteiger partial charge in [-0.15, -0.1) is 0 Å². The van der Waals surface area contributed by atoms with Gasteiger partial charge in [-0.3, -0.25) is 5.84 Å². The van der Waals surface area contributed by atoms with Crippen molar-refractivity contribution in [2.45, 2.75) is 5.92 Å². The van der Waals surface area contributed by atoms with Crippen LogP contribution in [0.25, 0.3) is 0 Å². The number of hydrogen-bond acceptors (Lipinski definition) is 3. The van der Waals surface area contributed by atoms with Crippen LogP contribution in [0, 0.1) is 11.3 Å². The van der Waals surface area contributed by atoms with E-state index in [1.807, 2.05) is 24.3 Å². The zero-order valence-corrected chi connectivity index (χ0v) is 7.27. The van der Waals surface area contributed by atoms with Crippen molar-refractivity contribution in [2.75, 3.05) is 13.1 Å². The maximum Gasteiger partial charge on any atom is 0.0991 e. The third-order valence-corrected chi connectivity index (χ3v) is 2.42. The zero-order chi connectivity index (χ0) is 9.26. The van der Waals surface area contributed by atoms with E-state index in [-0.39, 0.29) is 0 Å². The molecule has 13 heavy (non-hydrogen) atoms. The van der Waals surface area contributed by atoms with E-state index in [0.717, 1.165) is 13.1 Å². The first-order valence-electron chi connectivity index (χ1n) is 4.29. The maximum absolute atomic E-state index is 8.60. The van der Waals surface area contributed by atoms with Crippen LogP contribution in [0.1, 0.15) is 17.0 Å². The molecule has 1 saturated heterocycles. The molecule has 0 amide bonds. The molecule has 0 atom stereocenters. The van der Waals surface area contributed by atoms with Crippen LogP contribution < -0.4 is 5.84 Å². The van der Waals surface area contributed by atoms with Gasteiger partial charge in [-0.1, -0.05) is 12.1 Å². The maximum atomic E-state index is 8.60. The lowest BCUT2D eigenvalue weighted by Gasteiger charge is -2.35. The molecule has 0 aliphatic carbocycles. The molecule has 3 nitrogen and oxygen atoms in total. The van der Waals surface area contributed by atoms with Gasteiger partial charge >= 0.3 is 0 Å². The molecule has 0 bridgehead atoms. The van der Waals surface area contributed by atoms with Gasteiger partial charge in [0.25, 0.3) is 0 Å². The minimum atomic E-state index is 0.553. The van der Waals surface area contributed by atoms with Gasteiger partial charge in [0.1, 0.15) is 0 Å². The minimum absolute atomic E-state index is 0.553. The minimum Gasteiger partial charge on any atom is -0.269 e. The molecule has 1 fully saturated rings. The summed E-state index contributed by atoms with van der Waals surface area (Å²) in [5, 5.41) is 10.4. The highest BCUT2D eigenvalue weighted by Gasteiger charge is 2.24. The summed E-state index contributed by atoms with van der Waals surface area (Å²) >= 11 is 0. The molecule has 1 aliphatic rings. The van der Waals surface area contributed by atoms with Crippen molar-refractivity contribution in [1.29, 1.82) is 5.26 Å². The molecule has 1 aromatic rings. The summed E-state index contributed by atoms with van der Waals surface area (Å²) in [4.78, 5) is 0. The second-order valence-corrected chi connectivity index (χ2v) is 3.38. The molecule has 0 unspecified atom stereocenters. The van der Waals surface area contributed by atoms with Gasteiger partial charge in [0.15, 0.2) is 0 Å². The fourth-order valence-electron chi connectivity index (χ4n) is 1.55. The Hall–Kier alpha value is -1.37. The van der Waals surface area contributed by atoms with E-state index in [4.69, 9.17) is 11.1 Å². The normalized spacial score (nSPS) is 17.8. The average Bonchev–Trinajstić information content (AvgIpc) is 2.13. The summed E-state index contributed by atoms with van der Waals surface area (Å²) < 4.78 is 0. The van der Waals surface area contributed by atoms with E-state index in [2.05, 4.69) is 6.07 Å². The Balaban J connectivity index is 2.11. The Morgan fingerprint density at radius 2 is 1.92 bits per heavy atom. The number of nitrogens with two attached hydrogens (primary N) is 1. The van der Waals surface area contributed by atoms with Gasteiger partial charge in [0.05, 0.1) is 11.6 Å². The Kier molecular flexibility index (Phi) is 2.01. The fraction of sp³-hybridized carbons (Fsp3) is 0.300. The second kappa shape index (κ2) is 3.17. The molecule has 1 aliphatic heterocycles. The highest BCUT2D eigenvalue weighted by Crippen LogP contribution is 2.24. The number of hydrazine groups is 1. The van der Waals surface area contributed by atoms with Crippen molar-refractivity contribution in [3.8, 4) is 6.07 Å². The van der Waals surface area contributed by atoms with Crippen LogP contribution in [-0.2, 0) is 0 Å². The lowest BCUT2D eigenvalue weighted by atomic mass is 9.92. The quantitative estimate of drug-likeness (QED) is 0.640. The first-order chi connectivity index (χ1) is 6.29. The fourth-order valence-corrected chi connectivity index (χ4v) is 1.55. The van der Waals surface area contributed by atoms with Crippen molar-refractivity contribution < 1.29 is 0 Å². The number of hydrogen-bond donors (Lipinski definition) is 1. The molecular weight excluding hydrogens is 162 g/mol. The molecule has 0 radical (unpaired) electrons. The van der Waals surface area contributed by atoms with E-state index in [1.54, 1.807) is 5.01 Å². The Bertz CT molecular complexity index is 330. The van der Waals surface area contributed by atoms with E-state index < -0.39 is 0 Å². The molecule has 1 aromatic carbocycles. The Labute approximate surface area is 77.3 Å². The largest absolute Gasteiger partial charge is 0.269 e. The van der Waals surface area contributed by atoms with Gasteiger partial charge in [-0.25, -0.2) is 5.01 Å². The Morgan fingerprint density at radius 3 is 2.38 bits per heavy atom. The van der Waals surface area contributed by atoms with E-state index in [9.17, 15) is 0 Å². The molecule has 0 saturated carbocycles. The topological polar surface area (TPSA) is 53.0 Å². The molecule has 2 rings (SSSR count). The van der Waals surface area contributed by atoms with E-state index in [0.29, 0.717) is 11.5 Å². The van der Waals surface area contributed by atoms with Gasteiger partial charge in [0.2, 0.25) is 0 Å². The highest BCUT2D eigenvalue weighted by atomic mass is 15.4. The van der Waals surface area contributed by atoms with Crippen molar-refractivity contribution in [3.63, 3.8) is 0 Å². The molecule has 0 aromatic heterocycles. The first-order valence-corrected chi connectivity index (χ1v) is 4.29. The summed E-state index contributed by atoms with van der Waals surface area (Å²) in [6, 6.07) is 9.83. The van der Waals surface area contributed by atoms with Crippen molar-refractivity contribution in [3.05, 3.63) is 35.4 Å². The molecular formula is C10H11N3. The van der Waals surface area contributed by atoms with Crippen LogP contribution in [0.5, 0.6) is 0 Å². The summed E-state index contributed by atoms with van der Waals surface area (Å²) in [6.07, 6.45) is 0. The summed E-state index contributed by atoms with van der Waals surface area (Å²) in [7, 11) is 0. The third-order valence-electron chi connectivity index (χ3n) is 2.42. The number of benzene rings is 1. The molecule has 2 N–H and O–H groups in total. The van der Waals surface area contributed by atoms with Crippen LogP contribution in [0.15, 0.2) is 24.3 Å². The van der Waals surface area contributed by atoms with Crippen LogP contribution in [0.3, 0.4) is 0 Å². The third kappa shape index (κ3) is 1.55. The number of nitrogens with zero attached hydrogens (tertiary/aromatic N) is 2. The van der Waals surface area contributed by atoms with Gasteiger partial charge < -0.3 is 0 Å². The zero-order valence-electron chi connectivity index (χ0n) is 7.27. The lowest BCUT2D eigenvalue weighted by Crippen LogP contribution is -2.49. The van der Waals surface area contributed by atoms with Crippen LogP contribution >= 0.6 is 0 Å². The molecule has 0 spiro atoms. The predicted octanol–water partition coefficient (Wildman–Crippen LogP) is 0.831. The lowest BCUT2D eigenvalue weighted by molar-refractivity contribution is 0.151. The van der Waals surface area contributed by atoms with Crippen LogP contribution in [0.4, 0.5) is 0 Å². The number of rotatable bonds is 1. The van der Waals surface area contributed by atoms with Crippen molar-refractivity contribution >= 4 is 0 Å². The highest BCUT2D eigenvalue weighted by molar-refractivity contribution is 5.33. The second-order valence-electron chi connectivity index (χ2n) is 3.38. The van der Waals surface area contributed by atoms with Crippen molar-refractivity contribution in [1.82, 2.24) is 5.01 Å². The summed E-state index contributed by atoms with van der Waals surface area (Å²) in [5.41, 5.74) is 1.99. The first kappa shape index (κ1) is 8.24. The van der Waals surface area contributed by atoms with Crippen molar-refractivity contribution in [2.24, 2.45) is 5.84 Å². The molecule has 66 valence electrons. The average molecular weight is 173 g/mol. The standard InChI is InChI=1S/C10H11N3/c11-5-8-1-3-9(4-2-8)10-6-13(12)7-10/h1-4,10H,6-7,12H2. The predicted molar refractivity (Wildman–Crippen MR) is 49.7 cm³/mol. The van der Waals surface area contributed by atoms with Crippen LogP contribution in [-0.4, -0.2) is 18.1 Å². The van der Waals surface area contributed by atoms with Gasteiger partial charge in [0, 0.05) is 19.0 Å². The van der Waals surface area contributed by atoms with E-state index in [1.165, 1.54) is 5.56 Å².